The summed E-state index contributed by atoms with van der Waals surface area (Å²) in [7, 11) is -3.49. The maximum atomic E-state index is 7.76. The summed E-state index contributed by atoms with van der Waals surface area (Å²) in [6, 6.07) is 37.0. The first kappa shape index (κ1) is 60.8. The van der Waals surface area contributed by atoms with E-state index in [1.165, 1.54) is 66.8 Å². The van der Waals surface area contributed by atoms with Crippen LogP contribution in [0.2, 0.25) is 0 Å². The van der Waals surface area contributed by atoms with Gasteiger partial charge in [-0.1, -0.05) is 265 Å². The van der Waals surface area contributed by atoms with E-state index in [1.807, 2.05) is 0 Å². The van der Waals surface area contributed by atoms with E-state index in [1.54, 1.807) is 11.4 Å². The van der Waals surface area contributed by atoms with Crippen LogP contribution in [0.4, 0.5) is 0 Å². The molecule has 0 aliphatic carbocycles. The molecule has 7 heteroatoms. The third-order valence-corrected chi connectivity index (χ3v) is 20.5. The van der Waals surface area contributed by atoms with Crippen LogP contribution in [0.3, 0.4) is 0 Å². The molecule has 2 aliphatic heterocycles. The van der Waals surface area contributed by atoms with Crippen molar-refractivity contribution in [3.05, 3.63) is 164 Å². The predicted octanol–water partition coefficient (Wildman–Crippen LogP) is 22.2. The van der Waals surface area contributed by atoms with Crippen molar-refractivity contribution in [2.45, 2.75) is 240 Å². The molecule has 0 radical (unpaired) electrons. The summed E-state index contributed by atoms with van der Waals surface area (Å²) in [5, 5.41) is 1.02. The van der Waals surface area contributed by atoms with Gasteiger partial charge in [-0.3, -0.25) is 0 Å². The van der Waals surface area contributed by atoms with E-state index in [-0.39, 0.29) is 55.2 Å². The first-order valence-electron chi connectivity index (χ1n) is 29.0. The molecular weight excluding hydrogens is 1020 g/mol. The largest absolute Gasteiger partial charge is 0.435 e. The Labute approximate surface area is 486 Å². The Bertz CT molecular complexity index is 3100. The molecule has 0 unspecified atom stereocenters. The van der Waals surface area contributed by atoms with E-state index in [0.717, 1.165) is 44.3 Å². The van der Waals surface area contributed by atoms with Crippen molar-refractivity contribution in [2.24, 2.45) is 0 Å². The highest BCUT2D eigenvalue weighted by Gasteiger charge is 2.41. The summed E-state index contributed by atoms with van der Waals surface area (Å²) in [4.78, 5) is 1.07. The molecule has 0 saturated heterocycles. The summed E-state index contributed by atoms with van der Waals surface area (Å²) in [5.74, 6) is 3.73. The highest BCUT2D eigenvalue weighted by atomic mass is 32.7. The van der Waals surface area contributed by atoms with Gasteiger partial charge >= 0.3 is 16.0 Å². The van der Waals surface area contributed by atoms with Crippen LogP contribution in [-0.4, -0.2) is 0 Å². The van der Waals surface area contributed by atoms with Gasteiger partial charge in [0, 0.05) is 61.2 Å². The Morgan fingerprint density at radius 1 is 0.329 bits per heavy atom. The van der Waals surface area contributed by atoms with Crippen molar-refractivity contribution in [3.8, 4) is 34.1 Å². The maximum absolute atomic E-state index is 7.76. The van der Waals surface area contributed by atoms with Crippen molar-refractivity contribution in [2.75, 3.05) is 0 Å². The molecule has 0 saturated carbocycles. The first-order valence-corrected chi connectivity index (χ1v) is 32.8. The Balaban J connectivity index is 1.37. The minimum atomic E-state index is -1.79. The zero-order valence-electron chi connectivity index (χ0n) is 53.3. The van der Waals surface area contributed by atoms with Crippen LogP contribution in [0.5, 0.6) is 23.0 Å². The molecule has 6 aromatic carbocycles. The van der Waals surface area contributed by atoms with Crippen molar-refractivity contribution in [3.63, 3.8) is 0 Å². The Morgan fingerprint density at radius 3 is 0.911 bits per heavy atom. The molecule has 0 amide bonds. The van der Waals surface area contributed by atoms with Gasteiger partial charge in [-0.05, 0) is 100 Å². The van der Waals surface area contributed by atoms with E-state index in [2.05, 4.69) is 277 Å². The molecule has 6 aromatic rings. The minimum Gasteiger partial charge on any atom is -0.435 e. The third-order valence-electron chi connectivity index (χ3n) is 16.2. The van der Waals surface area contributed by atoms with Gasteiger partial charge in [0.05, 0.1) is 5.30 Å². The summed E-state index contributed by atoms with van der Waals surface area (Å²) in [6.45, 7) is 60.4. The van der Waals surface area contributed by atoms with Crippen molar-refractivity contribution < 1.29 is 18.1 Å². The van der Waals surface area contributed by atoms with E-state index in [4.69, 9.17) is 18.1 Å². The van der Waals surface area contributed by atoms with Crippen molar-refractivity contribution in [1.29, 1.82) is 0 Å². The lowest BCUT2D eigenvalue weighted by Crippen LogP contribution is -2.25. The molecule has 8 rings (SSSR count). The second-order valence-corrected chi connectivity index (χ2v) is 35.4. The number of benzene rings is 6. The molecule has 0 spiro atoms. The SMILES string of the molecule is CC1c2cc(C(C)(C)C)cc(C(C)(C)C)c2OP(Sc2ccccc2-c2ccccc2P2Oc3c(cc(C(C)(C)C)cc3C(C)(C)C)C(C)c3cc(C(C)(C)C)cc(C(C)(C)C)c3O2)Oc2c1cc(C(C)(C)C)cc2C(C)(C)C. The second kappa shape index (κ2) is 20.9. The molecule has 79 heavy (non-hydrogen) atoms. The van der Waals surface area contributed by atoms with Crippen LogP contribution in [0.25, 0.3) is 11.1 Å². The number of hydrogen-bond acceptors (Lipinski definition) is 5. The fraction of sp³-hybridized carbons (Fsp3) is 0.500. The van der Waals surface area contributed by atoms with Crippen LogP contribution in [0, 0.1) is 0 Å². The lowest BCUT2D eigenvalue weighted by Gasteiger charge is -2.37. The van der Waals surface area contributed by atoms with E-state index < -0.39 is 16.0 Å². The number of hydrogen-bond donors (Lipinski definition) is 0. The maximum Gasteiger partial charge on any atom is 0.365 e. The highest BCUT2D eigenvalue weighted by Crippen LogP contribution is 2.64. The Morgan fingerprint density at radius 2 is 0.608 bits per heavy atom. The normalized spacial score (nSPS) is 18.5. The molecule has 0 N–H and O–H groups in total. The third kappa shape index (κ3) is 12.6. The number of rotatable bonds is 4. The predicted molar refractivity (Wildman–Crippen MR) is 344 cm³/mol. The van der Waals surface area contributed by atoms with Gasteiger partial charge in [0.15, 0.2) is 0 Å². The fourth-order valence-corrected chi connectivity index (χ4v) is 15.4. The molecule has 2 aliphatic rings. The Hall–Kier alpha value is -4.27. The first-order chi connectivity index (χ1) is 36.0. The highest BCUT2D eigenvalue weighted by molar-refractivity contribution is 8.53. The summed E-state index contributed by atoms with van der Waals surface area (Å²) < 4.78 is 30.8. The lowest BCUT2D eigenvalue weighted by molar-refractivity contribution is 0.448. The average Bonchev–Trinajstić information content (AvgIpc) is 3.51. The smallest absolute Gasteiger partial charge is 0.365 e. The molecule has 0 bridgehead atoms. The molecular formula is C72H96O4P2S. The van der Waals surface area contributed by atoms with Crippen LogP contribution < -0.4 is 23.4 Å². The zero-order valence-corrected chi connectivity index (χ0v) is 55.9. The van der Waals surface area contributed by atoms with Gasteiger partial charge in [0.25, 0.3) is 0 Å². The minimum absolute atomic E-state index is 0.000140. The molecule has 4 nitrogen and oxygen atoms in total. The van der Waals surface area contributed by atoms with Gasteiger partial charge in [0.2, 0.25) is 0 Å². The molecule has 0 fully saturated rings. The standard InChI is InChI=1S/C72H96O4P2S/c1-43-51-35-45(65(3,4)5)39-55(69(15,16)17)61(51)73-77(74-62-52(43)36-46(66(6,7)8)40-56(62)70(18,19)20)59-33-29-27-31-49(59)50-32-28-30-34-60(50)79-78-75-63-53(37-47(67(9,10)11)41-57(63)71(21,22)23)44(2)54-38-48(68(12,13)14)42-58(64(54)76-78)72(24,25)26/h27-44H,1-26H3. The van der Waals surface area contributed by atoms with E-state index >= 15 is 0 Å². The van der Waals surface area contributed by atoms with Gasteiger partial charge < -0.3 is 18.1 Å². The topological polar surface area (TPSA) is 36.9 Å². The van der Waals surface area contributed by atoms with Gasteiger partial charge in [0.1, 0.15) is 23.0 Å². The summed E-state index contributed by atoms with van der Waals surface area (Å²) in [6.07, 6.45) is 0. The second-order valence-electron chi connectivity index (χ2n) is 31.2. The van der Waals surface area contributed by atoms with Crippen molar-refractivity contribution in [1.82, 2.24) is 0 Å². The van der Waals surface area contributed by atoms with Crippen LogP contribution in [-0.2, 0) is 43.3 Å². The number of fused-ring (bicyclic) bond motifs is 4. The van der Waals surface area contributed by atoms with Crippen molar-refractivity contribution >= 4 is 32.6 Å². The molecule has 424 valence electrons. The Kier molecular flexibility index (Phi) is 16.1. The van der Waals surface area contributed by atoms with Crippen LogP contribution in [0.1, 0.15) is 259 Å². The fourth-order valence-electron chi connectivity index (χ4n) is 10.8. The van der Waals surface area contributed by atoms with Gasteiger partial charge in [-0.2, -0.15) is 0 Å². The molecule has 0 atom stereocenters. The van der Waals surface area contributed by atoms with E-state index in [9.17, 15) is 0 Å². The molecule has 0 aromatic heterocycles. The summed E-state index contributed by atoms with van der Waals surface area (Å²) in [5.41, 5.74) is 15.8. The lowest BCUT2D eigenvalue weighted by atomic mass is 9.74. The van der Waals surface area contributed by atoms with Gasteiger partial charge in [-0.15, -0.1) is 0 Å². The zero-order chi connectivity index (χ0) is 58.7. The quantitative estimate of drug-likeness (QED) is 0.164. The van der Waals surface area contributed by atoms with Gasteiger partial charge in [-0.25, -0.2) is 0 Å². The van der Waals surface area contributed by atoms with Crippen LogP contribution in [0.15, 0.2) is 102 Å². The molecule has 2 heterocycles. The van der Waals surface area contributed by atoms with E-state index in [0.29, 0.717) is 0 Å². The average molecular weight is 1120 g/mol. The van der Waals surface area contributed by atoms with Crippen LogP contribution >= 0.6 is 27.3 Å². The summed E-state index contributed by atoms with van der Waals surface area (Å²) >= 11 is 1.70. The monoisotopic (exact) mass is 1120 g/mol.